The molecule has 1 aromatic heterocycles. The van der Waals surface area contributed by atoms with E-state index in [0.29, 0.717) is 5.56 Å². The molecule has 1 aliphatic carbocycles. The lowest BCUT2D eigenvalue weighted by Crippen LogP contribution is -2.39. The number of rotatable bonds is 2. The predicted octanol–water partition coefficient (Wildman–Crippen LogP) is 2.17. The lowest BCUT2D eigenvalue weighted by Gasteiger charge is -2.32. The first-order valence-electron chi connectivity index (χ1n) is 6.02. The normalized spacial score (nSPS) is 24.0. The van der Waals surface area contributed by atoms with Gasteiger partial charge in [-0.2, -0.15) is 5.26 Å². The average Bonchev–Trinajstić information content (AvgIpc) is 2.91. The van der Waals surface area contributed by atoms with E-state index in [9.17, 15) is 4.79 Å². The van der Waals surface area contributed by atoms with Crippen LogP contribution < -0.4 is 0 Å². The van der Waals surface area contributed by atoms with Gasteiger partial charge in [-0.25, -0.2) is 0 Å². The lowest BCUT2D eigenvalue weighted by atomic mass is 9.86. The highest BCUT2D eigenvalue weighted by Gasteiger charge is 2.26. The quantitative estimate of drug-likeness (QED) is 0.848. The summed E-state index contributed by atoms with van der Waals surface area (Å²) in [6.07, 6.45) is 7.17. The van der Waals surface area contributed by atoms with Crippen molar-refractivity contribution in [3.05, 3.63) is 24.0 Å². The number of nitrogens with zero attached hydrogens (tertiary/aromatic N) is 2. The molecule has 1 fully saturated rings. The third-order valence-corrected chi connectivity index (χ3v) is 3.59. The van der Waals surface area contributed by atoms with E-state index >= 15 is 0 Å². The highest BCUT2D eigenvalue weighted by Crippen LogP contribution is 2.27. The maximum absolute atomic E-state index is 12.1. The molecule has 0 atom stereocenters. The van der Waals surface area contributed by atoms with Gasteiger partial charge in [0.2, 0.25) is 0 Å². The van der Waals surface area contributed by atoms with Crippen LogP contribution in [0.15, 0.2) is 18.5 Å². The number of amides is 1. The monoisotopic (exact) mass is 231 g/mol. The van der Waals surface area contributed by atoms with Crippen LogP contribution in [0, 0.1) is 17.2 Å². The van der Waals surface area contributed by atoms with Crippen LogP contribution in [0.2, 0.25) is 0 Å². The number of hydrogen-bond donors (Lipinski definition) is 1. The van der Waals surface area contributed by atoms with E-state index in [1.54, 1.807) is 18.5 Å². The molecule has 0 bridgehead atoms. The molecule has 90 valence electrons. The Bertz CT molecular complexity index is 410. The summed E-state index contributed by atoms with van der Waals surface area (Å²) >= 11 is 0. The van der Waals surface area contributed by atoms with Gasteiger partial charge in [-0.3, -0.25) is 4.79 Å². The van der Waals surface area contributed by atoms with Crippen molar-refractivity contribution in [2.24, 2.45) is 5.92 Å². The van der Waals surface area contributed by atoms with E-state index in [0.717, 1.165) is 25.7 Å². The largest absolute Gasteiger partial charge is 0.367 e. The minimum absolute atomic E-state index is 0.0617. The zero-order chi connectivity index (χ0) is 12.3. The van der Waals surface area contributed by atoms with Crippen molar-refractivity contribution in [2.75, 3.05) is 7.05 Å². The highest BCUT2D eigenvalue weighted by molar-refractivity contribution is 5.94. The van der Waals surface area contributed by atoms with Crippen molar-refractivity contribution in [3.63, 3.8) is 0 Å². The second-order valence-electron chi connectivity index (χ2n) is 4.65. The van der Waals surface area contributed by atoms with Crippen LogP contribution in [0.25, 0.3) is 0 Å². The van der Waals surface area contributed by atoms with Crippen LogP contribution in [0.5, 0.6) is 0 Å². The van der Waals surface area contributed by atoms with Crippen LogP contribution in [0.4, 0.5) is 0 Å². The van der Waals surface area contributed by atoms with E-state index in [1.807, 2.05) is 11.9 Å². The molecule has 17 heavy (non-hydrogen) atoms. The molecule has 0 radical (unpaired) electrons. The predicted molar refractivity (Wildman–Crippen MR) is 64.2 cm³/mol. The van der Waals surface area contributed by atoms with E-state index in [2.05, 4.69) is 11.1 Å². The van der Waals surface area contributed by atoms with Gasteiger partial charge in [0.25, 0.3) is 5.91 Å². The van der Waals surface area contributed by atoms with Gasteiger partial charge < -0.3 is 9.88 Å². The van der Waals surface area contributed by atoms with Crippen molar-refractivity contribution in [1.29, 1.82) is 5.26 Å². The molecule has 0 unspecified atom stereocenters. The number of aromatic nitrogens is 1. The summed E-state index contributed by atoms with van der Waals surface area (Å²) in [5, 5.41) is 8.84. The minimum atomic E-state index is 0.0617. The Kier molecular flexibility index (Phi) is 3.48. The third kappa shape index (κ3) is 2.50. The van der Waals surface area contributed by atoms with Crippen molar-refractivity contribution in [2.45, 2.75) is 31.7 Å². The van der Waals surface area contributed by atoms with Crippen molar-refractivity contribution < 1.29 is 4.79 Å². The molecule has 1 aliphatic rings. The molecule has 1 heterocycles. The third-order valence-electron chi connectivity index (χ3n) is 3.59. The van der Waals surface area contributed by atoms with Gasteiger partial charge in [0.05, 0.1) is 11.6 Å². The molecule has 0 aliphatic heterocycles. The molecule has 4 heteroatoms. The molecule has 1 aromatic rings. The molecule has 0 spiro atoms. The molecule has 1 saturated carbocycles. The maximum Gasteiger partial charge on any atom is 0.255 e. The topological polar surface area (TPSA) is 59.9 Å². The number of aromatic amines is 1. The number of nitrogens with one attached hydrogen (secondary N) is 1. The van der Waals surface area contributed by atoms with Gasteiger partial charge in [0.15, 0.2) is 0 Å². The first-order valence-corrected chi connectivity index (χ1v) is 6.02. The van der Waals surface area contributed by atoms with E-state index in [4.69, 9.17) is 5.26 Å². The molecule has 1 amide bonds. The SMILES string of the molecule is CN(C(=O)c1cc[nH]c1)C1CCC(C#N)CC1. The van der Waals surface area contributed by atoms with Gasteiger partial charge in [0.1, 0.15) is 0 Å². The Morgan fingerprint density at radius 2 is 2.18 bits per heavy atom. The van der Waals surface area contributed by atoms with Crippen molar-refractivity contribution in [3.8, 4) is 6.07 Å². The second-order valence-corrected chi connectivity index (χ2v) is 4.65. The number of nitriles is 1. The Hall–Kier alpha value is -1.76. The lowest BCUT2D eigenvalue weighted by molar-refractivity contribution is 0.0686. The van der Waals surface area contributed by atoms with Gasteiger partial charge >= 0.3 is 0 Å². The van der Waals surface area contributed by atoms with Crippen LogP contribution in [0.1, 0.15) is 36.0 Å². The first-order chi connectivity index (χ1) is 8.22. The fourth-order valence-electron chi connectivity index (χ4n) is 2.42. The number of H-pyrrole nitrogens is 1. The van der Waals surface area contributed by atoms with E-state index < -0.39 is 0 Å². The molecule has 2 rings (SSSR count). The zero-order valence-corrected chi connectivity index (χ0v) is 10.0. The van der Waals surface area contributed by atoms with Gasteiger partial charge in [-0.15, -0.1) is 0 Å². The Labute approximate surface area is 101 Å². The van der Waals surface area contributed by atoms with Crippen molar-refractivity contribution in [1.82, 2.24) is 9.88 Å². The van der Waals surface area contributed by atoms with Crippen LogP contribution >= 0.6 is 0 Å². The molecule has 0 aromatic carbocycles. The highest BCUT2D eigenvalue weighted by atomic mass is 16.2. The smallest absolute Gasteiger partial charge is 0.255 e. The number of hydrogen-bond acceptors (Lipinski definition) is 2. The van der Waals surface area contributed by atoms with Crippen LogP contribution in [-0.4, -0.2) is 28.9 Å². The van der Waals surface area contributed by atoms with Gasteiger partial charge in [0, 0.05) is 31.4 Å². The van der Waals surface area contributed by atoms with Crippen LogP contribution in [0.3, 0.4) is 0 Å². The summed E-state index contributed by atoms with van der Waals surface area (Å²) < 4.78 is 0. The summed E-state index contributed by atoms with van der Waals surface area (Å²) in [6.45, 7) is 0. The molecule has 1 N–H and O–H groups in total. The first kappa shape index (κ1) is 11.7. The van der Waals surface area contributed by atoms with E-state index in [-0.39, 0.29) is 17.9 Å². The average molecular weight is 231 g/mol. The fraction of sp³-hybridized carbons (Fsp3) is 0.538. The van der Waals surface area contributed by atoms with Gasteiger partial charge in [-0.05, 0) is 31.7 Å². The summed E-state index contributed by atoms with van der Waals surface area (Å²) in [5.41, 5.74) is 0.704. The number of carbonyl (C=O) groups is 1. The standard InChI is InChI=1S/C13H17N3O/c1-16(13(17)11-6-7-15-9-11)12-4-2-10(8-14)3-5-12/h6-7,9-10,12,15H,2-5H2,1H3. The Morgan fingerprint density at radius 1 is 1.47 bits per heavy atom. The fourth-order valence-corrected chi connectivity index (χ4v) is 2.42. The summed E-state index contributed by atoms with van der Waals surface area (Å²) in [6, 6.07) is 4.38. The minimum Gasteiger partial charge on any atom is -0.367 e. The van der Waals surface area contributed by atoms with Gasteiger partial charge in [-0.1, -0.05) is 0 Å². The zero-order valence-electron chi connectivity index (χ0n) is 10.0. The molecule has 4 nitrogen and oxygen atoms in total. The number of carbonyl (C=O) groups excluding carboxylic acids is 1. The second kappa shape index (κ2) is 5.05. The Morgan fingerprint density at radius 3 is 2.71 bits per heavy atom. The van der Waals surface area contributed by atoms with Crippen molar-refractivity contribution >= 4 is 5.91 Å². The van der Waals surface area contributed by atoms with E-state index in [1.165, 1.54) is 0 Å². The summed E-state index contributed by atoms with van der Waals surface area (Å²) in [7, 11) is 1.85. The molecular weight excluding hydrogens is 214 g/mol. The van der Waals surface area contributed by atoms with Crippen LogP contribution in [-0.2, 0) is 0 Å². The summed E-state index contributed by atoms with van der Waals surface area (Å²) in [4.78, 5) is 16.8. The maximum atomic E-state index is 12.1. The summed E-state index contributed by atoms with van der Waals surface area (Å²) in [5.74, 6) is 0.244. The Balaban J connectivity index is 1.95. The molecular formula is C13H17N3O. The molecule has 0 saturated heterocycles.